The first-order valence-corrected chi connectivity index (χ1v) is 11.3. The molecule has 30 heavy (non-hydrogen) atoms. The predicted octanol–water partition coefficient (Wildman–Crippen LogP) is 7.90. The number of nitrogens with one attached hydrogen (secondary N) is 1. The summed E-state index contributed by atoms with van der Waals surface area (Å²) in [5.74, 6) is 0. The highest BCUT2D eigenvalue weighted by molar-refractivity contribution is 6.07. The number of aromatic nitrogens is 1. The van der Waals surface area contributed by atoms with Gasteiger partial charge in [0.25, 0.3) is 0 Å². The van der Waals surface area contributed by atoms with Crippen LogP contribution in [-0.4, -0.2) is 18.1 Å². The summed E-state index contributed by atoms with van der Waals surface area (Å²) in [7, 11) is 0. The number of unbranched alkanes of at least 4 members (excludes halogenated alkanes) is 2. The van der Waals surface area contributed by atoms with Gasteiger partial charge in [0.05, 0.1) is 0 Å². The molecule has 0 fully saturated rings. The molecule has 1 N–H and O–H groups in total. The van der Waals surface area contributed by atoms with Crippen molar-refractivity contribution < 1.29 is 0 Å². The average molecular weight is 397 g/mol. The summed E-state index contributed by atoms with van der Waals surface area (Å²) in [6.45, 7) is 6.82. The quantitative estimate of drug-likeness (QED) is 0.285. The molecular weight excluding hydrogens is 364 g/mol. The van der Waals surface area contributed by atoms with E-state index in [0.29, 0.717) is 0 Å². The van der Waals surface area contributed by atoms with Crippen molar-refractivity contribution in [3.05, 3.63) is 77.9 Å². The minimum absolute atomic E-state index is 1.15. The van der Waals surface area contributed by atoms with Gasteiger partial charge in [-0.05, 0) is 48.2 Å². The molecule has 1 aromatic heterocycles. The van der Waals surface area contributed by atoms with Gasteiger partial charge in [0.2, 0.25) is 0 Å². The molecule has 3 aromatic carbocycles. The molecular formula is C28H32N2. The van der Waals surface area contributed by atoms with Gasteiger partial charge >= 0.3 is 0 Å². The molecule has 0 saturated carbocycles. The molecule has 0 radical (unpaired) electrons. The van der Waals surface area contributed by atoms with Gasteiger partial charge in [0.1, 0.15) is 0 Å². The molecule has 4 rings (SSSR count). The fourth-order valence-corrected chi connectivity index (χ4v) is 4.03. The molecule has 0 amide bonds. The van der Waals surface area contributed by atoms with E-state index in [1.54, 1.807) is 0 Å². The Balaban J connectivity index is 1.50. The highest BCUT2D eigenvalue weighted by Crippen LogP contribution is 2.26. The van der Waals surface area contributed by atoms with E-state index in [9.17, 15) is 0 Å². The molecule has 0 bridgehead atoms. The van der Waals surface area contributed by atoms with Gasteiger partial charge in [-0.15, -0.1) is 0 Å². The van der Waals surface area contributed by atoms with Crippen molar-refractivity contribution in [3.8, 4) is 0 Å². The Labute approximate surface area is 180 Å². The van der Waals surface area contributed by atoms with E-state index < -0.39 is 0 Å². The van der Waals surface area contributed by atoms with Crippen molar-refractivity contribution in [2.24, 2.45) is 0 Å². The first kappa shape index (κ1) is 20.3. The Bertz CT molecular complexity index is 1110. The largest absolute Gasteiger partial charge is 0.372 e. The third-order valence-corrected chi connectivity index (χ3v) is 5.82. The van der Waals surface area contributed by atoms with Gasteiger partial charge in [-0.2, -0.15) is 0 Å². The van der Waals surface area contributed by atoms with E-state index in [1.165, 1.54) is 64.3 Å². The Kier molecular flexibility index (Phi) is 6.53. The number of rotatable bonds is 9. The summed E-state index contributed by atoms with van der Waals surface area (Å²) in [4.78, 5) is 6.06. The zero-order valence-electron chi connectivity index (χ0n) is 18.2. The second kappa shape index (κ2) is 9.67. The van der Waals surface area contributed by atoms with Crippen LogP contribution in [0.1, 0.15) is 50.7 Å². The van der Waals surface area contributed by atoms with Crippen LogP contribution in [0.15, 0.2) is 66.7 Å². The van der Waals surface area contributed by atoms with Crippen molar-refractivity contribution >= 4 is 39.6 Å². The van der Waals surface area contributed by atoms with Crippen LogP contribution in [0, 0.1) is 0 Å². The van der Waals surface area contributed by atoms with Crippen molar-refractivity contribution in [3.63, 3.8) is 0 Å². The molecule has 1 heterocycles. The fourth-order valence-electron chi connectivity index (χ4n) is 4.03. The van der Waals surface area contributed by atoms with Gasteiger partial charge in [0, 0.05) is 40.6 Å². The van der Waals surface area contributed by atoms with Crippen LogP contribution in [0.5, 0.6) is 0 Å². The Hall–Kier alpha value is -3.00. The minimum Gasteiger partial charge on any atom is -0.372 e. The summed E-state index contributed by atoms with van der Waals surface area (Å²) in [6.07, 6.45) is 9.39. The molecule has 2 nitrogen and oxygen atoms in total. The van der Waals surface area contributed by atoms with Crippen LogP contribution in [0.2, 0.25) is 0 Å². The summed E-state index contributed by atoms with van der Waals surface area (Å²) in [6, 6.07) is 24.1. The van der Waals surface area contributed by atoms with Gasteiger partial charge < -0.3 is 9.88 Å². The lowest BCUT2D eigenvalue weighted by Gasteiger charge is -2.24. The van der Waals surface area contributed by atoms with Crippen molar-refractivity contribution in [2.75, 3.05) is 18.0 Å². The zero-order valence-corrected chi connectivity index (χ0v) is 18.2. The van der Waals surface area contributed by atoms with Crippen molar-refractivity contribution in [1.29, 1.82) is 0 Å². The number of hydrogen-bond acceptors (Lipinski definition) is 1. The van der Waals surface area contributed by atoms with E-state index in [4.69, 9.17) is 0 Å². The lowest BCUT2D eigenvalue weighted by Crippen LogP contribution is -2.25. The number of anilines is 1. The Morgan fingerprint density at radius 3 is 2.07 bits per heavy atom. The lowest BCUT2D eigenvalue weighted by molar-refractivity contribution is 0.678. The van der Waals surface area contributed by atoms with Crippen LogP contribution in [0.4, 0.5) is 5.69 Å². The summed E-state index contributed by atoms with van der Waals surface area (Å²) in [5.41, 5.74) is 6.18. The molecule has 0 saturated heterocycles. The van der Waals surface area contributed by atoms with Crippen LogP contribution < -0.4 is 4.90 Å². The van der Waals surface area contributed by atoms with E-state index >= 15 is 0 Å². The highest BCUT2D eigenvalue weighted by atomic mass is 15.1. The molecule has 2 heteroatoms. The average Bonchev–Trinajstić information content (AvgIpc) is 3.16. The molecule has 0 aliphatic heterocycles. The molecule has 154 valence electrons. The number of fused-ring (bicyclic) bond motifs is 3. The van der Waals surface area contributed by atoms with Crippen LogP contribution in [0.3, 0.4) is 0 Å². The number of nitrogens with zero attached hydrogens (tertiary/aromatic N) is 1. The maximum Gasteiger partial charge on any atom is 0.0470 e. The minimum atomic E-state index is 1.15. The number of H-pyrrole nitrogens is 1. The molecule has 0 aliphatic rings. The lowest BCUT2D eigenvalue weighted by atomic mass is 10.1. The van der Waals surface area contributed by atoms with Crippen LogP contribution in [-0.2, 0) is 0 Å². The number of aromatic amines is 1. The van der Waals surface area contributed by atoms with E-state index in [2.05, 4.69) is 103 Å². The molecule has 0 atom stereocenters. The fraction of sp³-hybridized carbons (Fsp3) is 0.286. The summed E-state index contributed by atoms with van der Waals surface area (Å²) < 4.78 is 0. The molecule has 0 spiro atoms. The van der Waals surface area contributed by atoms with Crippen LogP contribution in [0.25, 0.3) is 34.0 Å². The van der Waals surface area contributed by atoms with Gasteiger partial charge in [0.15, 0.2) is 0 Å². The highest BCUT2D eigenvalue weighted by Gasteiger charge is 2.06. The Morgan fingerprint density at radius 1 is 0.700 bits per heavy atom. The summed E-state index contributed by atoms with van der Waals surface area (Å²) >= 11 is 0. The molecule has 0 unspecified atom stereocenters. The zero-order chi connectivity index (χ0) is 20.8. The van der Waals surface area contributed by atoms with Crippen molar-refractivity contribution in [1.82, 2.24) is 4.98 Å². The van der Waals surface area contributed by atoms with Crippen molar-refractivity contribution in [2.45, 2.75) is 39.5 Å². The van der Waals surface area contributed by atoms with E-state index in [0.717, 1.165) is 13.1 Å². The first-order chi connectivity index (χ1) is 14.8. The maximum atomic E-state index is 3.53. The SMILES string of the molecule is CCCCN(CCCC)c1ccc(C=Cc2ccc3c(c2)[nH]c2ccccc23)cc1. The first-order valence-electron chi connectivity index (χ1n) is 11.3. The monoisotopic (exact) mass is 396 g/mol. The predicted molar refractivity (Wildman–Crippen MR) is 133 cm³/mol. The van der Waals surface area contributed by atoms with Gasteiger partial charge in [-0.1, -0.05) is 81.3 Å². The second-order valence-corrected chi connectivity index (χ2v) is 8.09. The molecule has 0 aliphatic carbocycles. The second-order valence-electron chi connectivity index (χ2n) is 8.09. The normalized spacial score (nSPS) is 11.7. The summed E-state index contributed by atoms with van der Waals surface area (Å²) in [5, 5.41) is 2.57. The van der Waals surface area contributed by atoms with E-state index in [-0.39, 0.29) is 0 Å². The van der Waals surface area contributed by atoms with Gasteiger partial charge in [-0.3, -0.25) is 0 Å². The standard InChI is InChI=1S/C28H32N2/c1-3-5-19-30(20-6-4-2)24-16-13-22(14-17-24)11-12-23-15-18-26-25-9-7-8-10-27(25)29-28(26)21-23/h7-18,21,29H,3-6,19-20H2,1-2H3. The third kappa shape index (κ3) is 4.59. The number of hydrogen-bond donors (Lipinski definition) is 1. The van der Waals surface area contributed by atoms with Crippen LogP contribution >= 0.6 is 0 Å². The number of benzene rings is 3. The van der Waals surface area contributed by atoms with E-state index in [1.807, 2.05) is 0 Å². The molecule has 4 aromatic rings. The Morgan fingerprint density at radius 2 is 1.33 bits per heavy atom. The topological polar surface area (TPSA) is 19.0 Å². The smallest absolute Gasteiger partial charge is 0.0470 e. The van der Waals surface area contributed by atoms with Gasteiger partial charge in [-0.25, -0.2) is 0 Å². The third-order valence-electron chi connectivity index (χ3n) is 5.82. The maximum absolute atomic E-state index is 3.53. The number of para-hydroxylation sites is 1.